The molecular weight excluding hydrogens is 1560 g/mol. The van der Waals surface area contributed by atoms with Crippen LogP contribution in [0.5, 0.6) is 0 Å². The Balaban J connectivity index is 0.0000000999. The molecule has 0 spiro atoms. The molecule has 0 bridgehead atoms. The summed E-state index contributed by atoms with van der Waals surface area (Å²) in [5, 5.41) is 81.2. The summed E-state index contributed by atoms with van der Waals surface area (Å²) in [4.78, 5) is 21.5. The number of thiophene rings is 2. The van der Waals surface area contributed by atoms with Gasteiger partial charge in [0.2, 0.25) is 0 Å². The van der Waals surface area contributed by atoms with Gasteiger partial charge in [-0.25, -0.2) is 9.97 Å². The Morgan fingerprint density at radius 3 is 1.36 bits per heavy atom. The number of aromatic nitrogens is 18. The minimum Gasteiger partial charge on any atom is -0.464 e. The zero-order valence-corrected chi connectivity index (χ0v) is 68.1. The fourth-order valence-corrected chi connectivity index (χ4v) is 16.6. The van der Waals surface area contributed by atoms with E-state index in [0.717, 1.165) is 192 Å². The van der Waals surface area contributed by atoms with Crippen LogP contribution in [0.2, 0.25) is 0 Å². The van der Waals surface area contributed by atoms with Gasteiger partial charge in [0.05, 0.1) is 56.9 Å². The summed E-state index contributed by atoms with van der Waals surface area (Å²) in [5.41, 5.74) is 22.8. The predicted molar refractivity (Wildman–Crippen MR) is 479 cm³/mol. The zero-order chi connectivity index (χ0) is 81.8. The van der Waals surface area contributed by atoms with E-state index in [9.17, 15) is 0 Å². The molecule has 10 N–H and O–H groups in total. The van der Waals surface area contributed by atoms with E-state index in [1.807, 2.05) is 140 Å². The van der Waals surface area contributed by atoms with E-state index in [2.05, 4.69) is 210 Å². The Hall–Kier alpha value is -14.9. The molecule has 1 fully saturated rings. The lowest BCUT2D eigenvalue weighted by atomic mass is 9.90. The number of rotatable bonds is 18. The normalized spacial score (nSPS) is 12.6. The molecule has 1 atom stereocenters. The van der Waals surface area contributed by atoms with Gasteiger partial charge in [-0.15, -0.1) is 0 Å². The van der Waals surface area contributed by atoms with Gasteiger partial charge in [-0.1, -0.05) is 82.2 Å². The number of hydrogen-bond donors (Lipinski definition) is 10. The van der Waals surface area contributed by atoms with Crippen molar-refractivity contribution in [2.24, 2.45) is 5.92 Å². The van der Waals surface area contributed by atoms with Crippen molar-refractivity contribution in [1.82, 2.24) is 91.4 Å². The second-order valence-electron chi connectivity index (χ2n) is 30.7. The number of anilines is 10. The van der Waals surface area contributed by atoms with Crippen molar-refractivity contribution in [3.8, 4) is 22.3 Å². The SMILES string of the molecule is CC(C)(C)c1noc2cc(Nc3[nH]nc4ncccc34)ccc12.CCCC(C)c1noc2cc(Nc3n[nH]c4cccnc34)ccc12.c1cnc2c(Nc3ccc4c(-c5ccsc5)coc4c3)n[nH]c2c1.c1cnc2c(Nc3ccc4c(CCC5CCCC5)noc4c3)n[nH]c2c1.c1cnc2n[nH]c(Nc3ccc4c(-c5ccsc5)coc4c3)c2c1. The number of nitrogens with zero attached hydrogens (tertiary/aromatic N) is 13. The summed E-state index contributed by atoms with van der Waals surface area (Å²) < 4.78 is 28.1. The summed E-state index contributed by atoms with van der Waals surface area (Å²) in [5.74, 6) is 5.00. The first-order chi connectivity index (χ1) is 59.4. The van der Waals surface area contributed by atoms with Gasteiger partial charge in [-0.3, -0.25) is 40.4 Å². The van der Waals surface area contributed by atoms with Crippen LogP contribution in [0.15, 0.2) is 251 Å². The average molecular weight is 1640 g/mol. The van der Waals surface area contributed by atoms with Crippen LogP contribution >= 0.6 is 22.7 Å². The van der Waals surface area contributed by atoms with E-state index in [1.165, 1.54) is 43.2 Å². The standard InChI is InChI=1S/C20H21N5O.C18H19N5O.2C18H12N4OS.C17H17N5O/c1-2-5-13(4-1)7-10-16-15-9-8-14(12-18(15)26-25-16)22-20-19-17(23-24-20)6-3-11-21-19;1-3-5-11(2)16-13-8-7-12(10-15(13)24-23-16)20-18-17-14(21-22-18)6-4-9-19-17;1-2-15-17(19-6-1)18(22-21-15)20-12-3-4-13-14(9-23-16(13)8-12)11-5-7-24-10-11;1-2-14-17(19-6-1)21-22-18(14)20-12-3-4-13-15(9-23-16(13)8-12)11-5-7-24-10-11;1-17(2,3)14-11-7-6-10(9-13(11)23-22-14)19-16-12-5-4-8-18-15(12)20-21-16/h3,6,8-9,11-13H,1-2,4-5,7,10H2,(H2,22,23,24);4,6-11H,3,5H2,1-2H3,(H2,20,21,22);1-10H,(H2,20,21,22);1-10H,(H2,19,20,21,22);4-9H,1-3H3,(H2,18,19,20,21). The van der Waals surface area contributed by atoms with Crippen LogP contribution in [0.1, 0.15) is 103 Å². The third-order valence-electron chi connectivity index (χ3n) is 21.4. The first-order valence-corrected chi connectivity index (χ1v) is 41.9. The summed E-state index contributed by atoms with van der Waals surface area (Å²) >= 11 is 3.36. The number of hydrogen-bond acceptors (Lipinski definition) is 25. The van der Waals surface area contributed by atoms with E-state index in [-0.39, 0.29) is 5.41 Å². The Morgan fingerprint density at radius 2 is 0.868 bits per heavy atom. The van der Waals surface area contributed by atoms with Crippen molar-refractivity contribution in [3.05, 3.63) is 246 Å². The highest BCUT2D eigenvalue weighted by molar-refractivity contribution is 7.08. The van der Waals surface area contributed by atoms with E-state index in [1.54, 1.807) is 53.7 Å². The van der Waals surface area contributed by atoms with Gasteiger partial charge in [0.25, 0.3) is 0 Å². The lowest BCUT2D eigenvalue weighted by Gasteiger charge is -2.14. The number of aromatic amines is 5. The molecule has 0 aliphatic heterocycles. The quantitative estimate of drug-likeness (QED) is 0.0381. The van der Waals surface area contributed by atoms with Gasteiger partial charge in [-0.05, 0) is 191 Å². The summed E-state index contributed by atoms with van der Waals surface area (Å²) in [7, 11) is 0. The third kappa shape index (κ3) is 16.3. The number of fused-ring (bicyclic) bond motifs is 10. The van der Waals surface area contributed by atoms with Crippen molar-refractivity contribution in [3.63, 3.8) is 0 Å². The highest BCUT2D eigenvalue weighted by atomic mass is 32.1. The molecule has 0 amide bonds. The van der Waals surface area contributed by atoms with Gasteiger partial charge in [-0.2, -0.15) is 48.2 Å². The molecule has 5 aromatic carbocycles. The van der Waals surface area contributed by atoms with Crippen LogP contribution < -0.4 is 26.6 Å². The number of pyridine rings is 5. The Bertz CT molecular complexity index is 7130. The molecule has 28 nitrogen and oxygen atoms in total. The first-order valence-electron chi connectivity index (χ1n) is 40.0. The van der Waals surface area contributed by atoms with Gasteiger partial charge >= 0.3 is 0 Å². The van der Waals surface area contributed by atoms with E-state index >= 15 is 0 Å². The maximum atomic E-state index is 5.75. The molecule has 0 radical (unpaired) electrons. The molecule has 22 aromatic rings. The number of nitrogens with one attached hydrogen (secondary N) is 10. The van der Waals surface area contributed by atoms with Gasteiger partial charge in [0.15, 0.2) is 45.5 Å². The third-order valence-corrected chi connectivity index (χ3v) is 22.8. The fourth-order valence-electron chi connectivity index (χ4n) is 15.3. The predicted octanol–water partition coefficient (Wildman–Crippen LogP) is 24.2. The van der Waals surface area contributed by atoms with Gasteiger partial charge in [0, 0.05) is 139 Å². The monoisotopic (exact) mass is 1640 g/mol. The van der Waals surface area contributed by atoms with E-state index < -0.39 is 0 Å². The molecule has 17 heterocycles. The van der Waals surface area contributed by atoms with Crippen molar-refractivity contribution in [2.75, 3.05) is 26.6 Å². The van der Waals surface area contributed by atoms with Crippen LogP contribution in [-0.2, 0) is 11.8 Å². The van der Waals surface area contributed by atoms with Gasteiger partial charge < -0.3 is 49.0 Å². The summed E-state index contributed by atoms with van der Waals surface area (Å²) in [6.07, 6.45) is 22.3. The van der Waals surface area contributed by atoms with E-state index in [4.69, 9.17) is 22.4 Å². The molecule has 121 heavy (non-hydrogen) atoms. The molecule has 23 rings (SSSR count). The second kappa shape index (κ2) is 33.6. The fraction of sp³-hybridized carbons (Fsp3) is 0.176. The highest BCUT2D eigenvalue weighted by Gasteiger charge is 2.24. The minimum absolute atomic E-state index is 0.0502. The molecule has 1 unspecified atom stereocenters. The number of H-pyrrole nitrogens is 5. The summed E-state index contributed by atoms with van der Waals surface area (Å²) in [6, 6.07) is 53.7. The Labute approximate surface area is 697 Å². The zero-order valence-electron chi connectivity index (χ0n) is 66.4. The summed E-state index contributed by atoms with van der Waals surface area (Å²) in [6.45, 7) is 10.7. The van der Waals surface area contributed by atoms with Crippen molar-refractivity contribution in [1.29, 1.82) is 0 Å². The van der Waals surface area contributed by atoms with Crippen LogP contribution in [0.4, 0.5) is 57.5 Å². The lowest BCUT2D eigenvalue weighted by Crippen LogP contribution is -2.11. The van der Waals surface area contributed by atoms with Crippen LogP contribution in [0.3, 0.4) is 0 Å². The highest BCUT2D eigenvalue weighted by Crippen LogP contribution is 2.40. The van der Waals surface area contributed by atoms with Crippen molar-refractivity contribution < 1.29 is 22.4 Å². The maximum absolute atomic E-state index is 5.75. The maximum Gasteiger partial charge on any atom is 0.183 e. The van der Waals surface area contributed by atoms with Gasteiger partial charge in [0.1, 0.15) is 39.4 Å². The number of furan rings is 2. The molecule has 1 saturated carbocycles. The molecule has 30 heteroatoms. The average Bonchev–Trinajstić information content (AvgIpc) is 1.65. The topological polar surface area (TPSA) is 372 Å². The Kier molecular flexibility index (Phi) is 21.1. The molecule has 1 aliphatic rings. The number of benzene rings is 5. The van der Waals surface area contributed by atoms with Crippen molar-refractivity contribution >= 4 is 190 Å². The molecule has 0 saturated heterocycles. The molecule has 17 aromatic heterocycles. The number of aryl methyl sites for hydroxylation is 1. The van der Waals surface area contributed by atoms with Crippen molar-refractivity contribution in [2.45, 2.75) is 97.3 Å². The molecular formula is C91H81N23O5S2. The van der Waals surface area contributed by atoms with E-state index in [0.29, 0.717) is 34.7 Å². The van der Waals surface area contributed by atoms with Crippen LogP contribution in [0.25, 0.3) is 132 Å². The molecule has 1 aliphatic carbocycles. The molecule has 602 valence electrons. The smallest absolute Gasteiger partial charge is 0.183 e. The minimum atomic E-state index is -0.0502. The Morgan fingerprint density at radius 1 is 0.438 bits per heavy atom. The second-order valence-corrected chi connectivity index (χ2v) is 32.3. The lowest BCUT2D eigenvalue weighted by molar-refractivity contribution is 0.419. The largest absolute Gasteiger partial charge is 0.464 e. The first kappa shape index (κ1) is 76.1. The van der Waals surface area contributed by atoms with Crippen LogP contribution in [0, 0.1) is 5.92 Å². The van der Waals surface area contributed by atoms with Crippen LogP contribution in [-0.4, -0.2) is 91.4 Å².